The molecule has 0 bridgehead atoms. The third kappa shape index (κ3) is 1.32. The summed E-state index contributed by atoms with van der Waals surface area (Å²) in [6.07, 6.45) is 4.93. The molecule has 0 saturated carbocycles. The second-order valence-corrected chi connectivity index (χ2v) is 3.43. The summed E-state index contributed by atoms with van der Waals surface area (Å²) in [4.78, 5) is 15.8. The second kappa shape index (κ2) is 3.34. The second-order valence-electron chi connectivity index (χ2n) is 3.43. The van der Waals surface area contributed by atoms with Crippen LogP contribution in [0.5, 0.6) is 0 Å². The molecule has 2 aromatic rings. The van der Waals surface area contributed by atoms with Crippen LogP contribution < -0.4 is 5.32 Å². The van der Waals surface area contributed by atoms with Gasteiger partial charge in [-0.2, -0.15) is 0 Å². The minimum absolute atomic E-state index is 0.148. The van der Waals surface area contributed by atoms with Gasteiger partial charge in [0.05, 0.1) is 11.8 Å². The highest BCUT2D eigenvalue weighted by atomic mass is 16.3. The molecule has 0 atom stereocenters. The first-order valence-corrected chi connectivity index (χ1v) is 4.86. The summed E-state index contributed by atoms with van der Waals surface area (Å²) in [6, 6.07) is 7.24. The lowest BCUT2D eigenvalue weighted by Crippen LogP contribution is -2.04. The van der Waals surface area contributed by atoms with Crippen LogP contribution >= 0.6 is 0 Å². The van der Waals surface area contributed by atoms with E-state index in [0.717, 1.165) is 5.56 Å². The zero-order chi connectivity index (χ0) is 11.0. The molecule has 0 fully saturated rings. The molecular formula is C12H8N2O2. The molecular weight excluding hydrogens is 204 g/mol. The topological polar surface area (TPSA) is 55.1 Å². The van der Waals surface area contributed by atoms with E-state index in [0.29, 0.717) is 17.2 Å². The van der Waals surface area contributed by atoms with Crippen molar-refractivity contribution in [3.8, 4) is 0 Å². The number of nitrogens with zero attached hydrogens (tertiary/aromatic N) is 1. The number of pyridine rings is 1. The predicted octanol–water partition coefficient (Wildman–Crippen LogP) is 2.17. The van der Waals surface area contributed by atoms with Crippen molar-refractivity contribution in [2.45, 2.75) is 0 Å². The fourth-order valence-electron chi connectivity index (χ4n) is 1.68. The fourth-order valence-corrected chi connectivity index (χ4v) is 1.68. The summed E-state index contributed by atoms with van der Waals surface area (Å²) < 4.78 is 5.18. The van der Waals surface area contributed by atoms with Crippen LogP contribution in [-0.2, 0) is 4.79 Å². The molecule has 0 spiro atoms. The number of furan rings is 1. The number of amides is 1. The van der Waals surface area contributed by atoms with Crippen LogP contribution in [0.25, 0.3) is 11.6 Å². The third-order valence-corrected chi connectivity index (χ3v) is 2.40. The molecule has 3 rings (SSSR count). The lowest BCUT2D eigenvalue weighted by molar-refractivity contribution is -0.110. The van der Waals surface area contributed by atoms with E-state index >= 15 is 0 Å². The molecule has 1 amide bonds. The molecule has 0 aromatic carbocycles. The van der Waals surface area contributed by atoms with Gasteiger partial charge in [0, 0.05) is 11.8 Å². The van der Waals surface area contributed by atoms with Crippen LogP contribution in [0, 0.1) is 0 Å². The Labute approximate surface area is 91.6 Å². The summed E-state index contributed by atoms with van der Waals surface area (Å²) in [5.41, 5.74) is 1.39. The number of anilines is 1. The SMILES string of the molecule is O=C1Nc2ncccc2/C1=C/c1ccco1. The molecule has 78 valence electrons. The highest BCUT2D eigenvalue weighted by Gasteiger charge is 2.24. The van der Waals surface area contributed by atoms with Crippen LogP contribution in [0.1, 0.15) is 11.3 Å². The van der Waals surface area contributed by atoms with E-state index in [9.17, 15) is 4.79 Å². The summed E-state index contributed by atoms with van der Waals surface area (Å²) in [7, 11) is 0. The van der Waals surface area contributed by atoms with Crippen molar-refractivity contribution < 1.29 is 9.21 Å². The minimum Gasteiger partial charge on any atom is -0.465 e. The van der Waals surface area contributed by atoms with Gasteiger partial charge in [0.25, 0.3) is 5.91 Å². The number of carbonyl (C=O) groups is 1. The van der Waals surface area contributed by atoms with E-state index in [1.165, 1.54) is 0 Å². The first kappa shape index (κ1) is 8.91. The van der Waals surface area contributed by atoms with Gasteiger partial charge in [0.2, 0.25) is 0 Å². The Hall–Kier alpha value is -2.36. The van der Waals surface area contributed by atoms with E-state index in [-0.39, 0.29) is 5.91 Å². The highest BCUT2D eigenvalue weighted by molar-refractivity contribution is 6.34. The van der Waals surface area contributed by atoms with Gasteiger partial charge in [-0.3, -0.25) is 4.79 Å². The number of rotatable bonds is 1. The van der Waals surface area contributed by atoms with Gasteiger partial charge in [0.15, 0.2) is 0 Å². The molecule has 4 heteroatoms. The Morgan fingerprint density at radius 3 is 3.06 bits per heavy atom. The first-order chi connectivity index (χ1) is 7.84. The maximum absolute atomic E-state index is 11.7. The van der Waals surface area contributed by atoms with E-state index in [4.69, 9.17) is 4.42 Å². The fraction of sp³-hybridized carbons (Fsp3) is 0. The van der Waals surface area contributed by atoms with E-state index in [2.05, 4.69) is 10.3 Å². The smallest absolute Gasteiger partial charge is 0.257 e. The Kier molecular flexibility index (Phi) is 1.86. The molecule has 0 radical (unpaired) electrons. The molecule has 1 aliphatic heterocycles. The lowest BCUT2D eigenvalue weighted by atomic mass is 10.1. The van der Waals surface area contributed by atoms with Gasteiger partial charge in [-0.1, -0.05) is 0 Å². The van der Waals surface area contributed by atoms with Crippen LogP contribution in [0.15, 0.2) is 41.1 Å². The lowest BCUT2D eigenvalue weighted by Gasteiger charge is -1.94. The maximum atomic E-state index is 11.7. The van der Waals surface area contributed by atoms with Gasteiger partial charge in [-0.15, -0.1) is 0 Å². The largest absolute Gasteiger partial charge is 0.465 e. The van der Waals surface area contributed by atoms with Crippen LogP contribution in [-0.4, -0.2) is 10.9 Å². The summed E-state index contributed by atoms with van der Waals surface area (Å²) in [5, 5.41) is 2.70. The van der Waals surface area contributed by atoms with Crippen molar-refractivity contribution in [1.29, 1.82) is 0 Å². The van der Waals surface area contributed by atoms with E-state index in [1.54, 1.807) is 36.7 Å². The number of hydrogen-bond acceptors (Lipinski definition) is 3. The summed E-state index contributed by atoms with van der Waals surface area (Å²) in [5.74, 6) is 1.11. The van der Waals surface area contributed by atoms with E-state index in [1.807, 2.05) is 6.07 Å². The number of aromatic nitrogens is 1. The van der Waals surface area contributed by atoms with Gasteiger partial charge in [0.1, 0.15) is 11.6 Å². The average Bonchev–Trinajstić information content (AvgIpc) is 2.89. The van der Waals surface area contributed by atoms with Crippen molar-refractivity contribution in [1.82, 2.24) is 4.98 Å². The molecule has 4 nitrogen and oxygen atoms in total. The zero-order valence-corrected chi connectivity index (χ0v) is 8.31. The highest BCUT2D eigenvalue weighted by Crippen LogP contribution is 2.30. The summed E-state index contributed by atoms with van der Waals surface area (Å²) >= 11 is 0. The Morgan fingerprint density at radius 2 is 2.25 bits per heavy atom. The molecule has 3 heterocycles. The normalized spacial score (nSPS) is 16.2. The Balaban J connectivity index is 2.12. The number of hydrogen-bond donors (Lipinski definition) is 1. The monoisotopic (exact) mass is 212 g/mol. The Morgan fingerprint density at radius 1 is 1.31 bits per heavy atom. The number of carbonyl (C=O) groups excluding carboxylic acids is 1. The van der Waals surface area contributed by atoms with Crippen LogP contribution in [0.2, 0.25) is 0 Å². The molecule has 0 saturated heterocycles. The molecule has 1 aliphatic rings. The van der Waals surface area contributed by atoms with Crippen molar-refractivity contribution in [2.75, 3.05) is 5.32 Å². The molecule has 0 unspecified atom stereocenters. The molecule has 16 heavy (non-hydrogen) atoms. The minimum atomic E-state index is -0.148. The van der Waals surface area contributed by atoms with E-state index < -0.39 is 0 Å². The van der Waals surface area contributed by atoms with Gasteiger partial charge in [-0.25, -0.2) is 4.98 Å². The van der Waals surface area contributed by atoms with Gasteiger partial charge in [-0.05, 0) is 30.3 Å². The molecule has 1 N–H and O–H groups in total. The molecule has 2 aromatic heterocycles. The van der Waals surface area contributed by atoms with Crippen molar-refractivity contribution >= 4 is 23.4 Å². The number of fused-ring (bicyclic) bond motifs is 1. The quantitative estimate of drug-likeness (QED) is 0.737. The maximum Gasteiger partial charge on any atom is 0.257 e. The van der Waals surface area contributed by atoms with Crippen molar-refractivity contribution in [3.63, 3.8) is 0 Å². The third-order valence-electron chi connectivity index (χ3n) is 2.40. The molecule has 0 aliphatic carbocycles. The predicted molar refractivity (Wildman–Crippen MR) is 59.4 cm³/mol. The zero-order valence-electron chi connectivity index (χ0n) is 8.31. The van der Waals surface area contributed by atoms with Crippen LogP contribution in [0.4, 0.5) is 5.82 Å². The summed E-state index contributed by atoms with van der Waals surface area (Å²) in [6.45, 7) is 0. The number of nitrogens with one attached hydrogen (secondary N) is 1. The van der Waals surface area contributed by atoms with Crippen LogP contribution in [0.3, 0.4) is 0 Å². The van der Waals surface area contributed by atoms with Gasteiger partial charge >= 0.3 is 0 Å². The van der Waals surface area contributed by atoms with Crippen molar-refractivity contribution in [3.05, 3.63) is 48.0 Å². The van der Waals surface area contributed by atoms with Gasteiger partial charge < -0.3 is 9.73 Å². The standard InChI is InChI=1S/C12H8N2O2/c15-12-10(7-8-3-2-6-16-8)9-4-1-5-13-11(9)14-12/h1-7H,(H,13,14,15)/b10-7-. The Bertz CT molecular complexity index is 570. The van der Waals surface area contributed by atoms with Crippen molar-refractivity contribution in [2.24, 2.45) is 0 Å². The average molecular weight is 212 g/mol. The first-order valence-electron chi connectivity index (χ1n) is 4.86.